The lowest BCUT2D eigenvalue weighted by Gasteiger charge is -2.28. The molecule has 2 atom stereocenters. The van der Waals surface area contributed by atoms with Gasteiger partial charge in [0.25, 0.3) is 24.1 Å². The lowest BCUT2D eigenvalue weighted by Crippen LogP contribution is -2.48. The third kappa shape index (κ3) is 5.93. The molecular formula is C26H30F2N6O4S. The van der Waals surface area contributed by atoms with Crippen LogP contribution in [0.4, 0.5) is 8.78 Å². The van der Waals surface area contributed by atoms with Crippen LogP contribution in [0, 0.1) is 18.8 Å². The summed E-state index contributed by atoms with van der Waals surface area (Å²) in [6, 6.07) is 6.81. The van der Waals surface area contributed by atoms with Crippen LogP contribution < -0.4 is 16.0 Å². The molecule has 39 heavy (non-hydrogen) atoms. The number of nitrogens with zero attached hydrogens (tertiary/aromatic N) is 3. The second kappa shape index (κ2) is 11.3. The number of carbonyl (C=O) groups excluding carboxylic acids is 4. The summed E-state index contributed by atoms with van der Waals surface area (Å²) < 4.78 is 24.8. The van der Waals surface area contributed by atoms with E-state index in [9.17, 15) is 28.0 Å². The SMILES string of the molecule is Cc1nc(C(=O)NCC(F)F)sc1C(=O)NC[C@H](C(=O)N[C@@H]1C(=O)N2CCCN2Cc2ccccc21)C1CC1. The van der Waals surface area contributed by atoms with Crippen LogP contribution in [0.5, 0.6) is 0 Å². The van der Waals surface area contributed by atoms with E-state index in [1.807, 2.05) is 29.3 Å². The number of aryl methyl sites for hydroxylation is 1. The molecule has 2 aliphatic heterocycles. The van der Waals surface area contributed by atoms with E-state index in [0.717, 1.165) is 48.3 Å². The first-order valence-corrected chi connectivity index (χ1v) is 13.8. The molecule has 1 saturated carbocycles. The summed E-state index contributed by atoms with van der Waals surface area (Å²) in [5.74, 6) is -2.19. The van der Waals surface area contributed by atoms with Crippen LogP contribution in [-0.4, -0.2) is 71.2 Å². The third-order valence-corrected chi connectivity index (χ3v) is 8.41. The van der Waals surface area contributed by atoms with Crippen molar-refractivity contribution >= 4 is 35.0 Å². The number of hydrazine groups is 1. The van der Waals surface area contributed by atoms with Crippen molar-refractivity contribution in [3.05, 3.63) is 51.0 Å². The first-order valence-electron chi connectivity index (χ1n) is 13.0. The smallest absolute Gasteiger partial charge is 0.280 e. The zero-order chi connectivity index (χ0) is 27.7. The summed E-state index contributed by atoms with van der Waals surface area (Å²) >= 11 is 0.808. The summed E-state index contributed by atoms with van der Waals surface area (Å²) in [7, 11) is 0. The summed E-state index contributed by atoms with van der Waals surface area (Å²) in [6.07, 6.45) is -0.133. The summed E-state index contributed by atoms with van der Waals surface area (Å²) in [6.45, 7) is 2.80. The molecule has 208 valence electrons. The van der Waals surface area contributed by atoms with Gasteiger partial charge < -0.3 is 16.0 Å². The molecule has 2 aromatic rings. The van der Waals surface area contributed by atoms with E-state index in [1.54, 1.807) is 11.9 Å². The lowest BCUT2D eigenvalue weighted by atomic mass is 9.97. The molecule has 0 unspecified atom stereocenters. The number of amides is 4. The molecule has 2 fully saturated rings. The fourth-order valence-corrected chi connectivity index (χ4v) is 6.01. The van der Waals surface area contributed by atoms with Gasteiger partial charge in [-0.05, 0) is 43.2 Å². The number of carbonyl (C=O) groups is 4. The molecule has 3 N–H and O–H groups in total. The van der Waals surface area contributed by atoms with E-state index < -0.39 is 36.7 Å². The van der Waals surface area contributed by atoms with Crippen molar-refractivity contribution in [1.82, 2.24) is 31.0 Å². The van der Waals surface area contributed by atoms with Crippen LogP contribution in [0.1, 0.15) is 61.6 Å². The molecule has 5 rings (SSSR count). The number of alkyl halides is 2. The molecule has 3 aliphatic rings. The molecule has 0 radical (unpaired) electrons. The van der Waals surface area contributed by atoms with Gasteiger partial charge in [0.2, 0.25) is 5.91 Å². The predicted molar refractivity (Wildman–Crippen MR) is 138 cm³/mol. The van der Waals surface area contributed by atoms with Crippen LogP contribution in [0.15, 0.2) is 24.3 Å². The van der Waals surface area contributed by atoms with Crippen molar-refractivity contribution in [2.75, 3.05) is 26.2 Å². The van der Waals surface area contributed by atoms with Gasteiger partial charge in [0.05, 0.1) is 18.2 Å². The molecular weight excluding hydrogens is 530 g/mol. The number of nitrogens with one attached hydrogen (secondary N) is 3. The number of hydrogen-bond acceptors (Lipinski definition) is 7. The highest BCUT2D eigenvalue weighted by Gasteiger charge is 2.41. The van der Waals surface area contributed by atoms with Gasteiger partial charge in [-0.25, -0.2) is 18.8 Å². The average molecular weight is 561 g/mol. The molecule has 4 amide bonds. The fraction of sp³-hybridized carbons (Fsp3) is 0.500. The van der Waals surface area contributed by atoms with E-state index in [4.69, 9.17) is 0 Å². The number of halogens is 2. The largest absolute Gasteiger partial charge is 0.350 e. The highest BCUT2D eigenvalue weighted by molar-refractivity contribution is 7.15. The first-order chi connectivity index (χ1) is 18.7. The molecule has 3 heterocycles. The van der Waals surface area contributed by atoms with Crippen LogP contribution >= 0.6 is 11.3 Å². The van der Waals surface area contributed by atoms with Gasteiger partial charge in [-0.2, -0.15) is 0 Å². The fourth-order valence-electron chi connectivity index (χ4n) is 5.11. The van der Waals surface area contributed by atoms with Crippen molar-refractivity contribution in [1.29, 1.82) is 0 Å². The van der Waals surface area contributed by atoms with Crippen molar-refractivity contribution < 1.29 is 28.0 Å². The Kier molecular flexibility index (Phi) is 7.89. The predicted octanol–water partition coefficient (Wildman–Crippen LogP) is 2.02. The standard InChI is InChI=1S/C26H30F2N6O4S/c1-14-21(39-25(31-14)24(37)30-12-19(27)28)23(36)29-11-18(15-7-8-15)22(35)32-20-17-6-3-2-5-16(17)13-33-9-4-10-34(33)26(20)38/h2-3,5-6,15,18-20H,4,7-13H2,1H3,(H,29,36)(H,30,37)(H,32,35)/t18-,20-/m0/s1. The van der Waals surface area contributed by atoms with Gasteiger partial charge in [-0.3, -0.25) is 24.2 Å². The van der Waals surface area contributed by atoms with Crippen LogP contribution in [-0.2, 0) is 16.1 Å². The normalized spacial score (nSPS) is 19.7. The molecule has 1 saturated heterocycles. The van der Waals surface area contributed by atoms with Gasteiger partial charge >= 0.3 is 0 Å². The van der Waals surface area contributed by atoms with E-state index in [-0.39, 0.29) is 34.2 Å². The average Bonchev–Trinajstić information content (AvgIpc) is 3.53. The zero-order valence-electron chi connectivity index (χ0n) is 21.4. The minimum Gasteiger partial charge on any atom is -0.350 e. The molecule has 1 aromatic carbocycles. The number of fused-ring (bicyclic) bond motifs is 2. The van der Waals surface area contributed by atoms with Crippen molar-refractivity contribution in [3.8, 4) is 0 Å². The Labute approximate surface area is 228 Å². The summed E-state index contributed by atoms with van der Waals surface area (Å²) in [5.41, 5.74) is 2.07. The lowest BCUT2D eigenvalue weighted by molar-refractivity contribution is -0.148. The number of benzene rings is 1. The summed E-state index contributed by atoms with van der Waals surface area (Å²) in [4.78, 5) is 56.2. The Morgan fingerprint density at radius 1 is 1.10 bits per heavy atom. The van der Waals surface area contributed by atoms with Crippen molar-refractivity contribution in [2.24, 2.45) is 11.8 Å². The van der Waals surface area contributed by atoms with E-state index in [2.05, 4.69) is 20.9 Å². The van der Waals surface area contributed by atoms with E-state index in [0.29, 0.717) is 18.8 Å². The monoisotopic (exact) mass is 560 g/mol. The Morgan fingerprint density at radius 2 is 1.85 bits per heavy atom. The maximum Gasteiger partial charge on any atom is 0.280 e. The Hall–Kier alpha value is -3.45. The highest BCUT2D eigenvalue weighted by Crippen LogP contribution is 2.38. The molecule has 10 nitrogen and oxygen atoms in total. The molecule has 1 aromatic heterocycles. The van der Waals surface area contributed by atoms with Crippen LogP contribution in [0.25, 0.3) is 0 Å². The minimum absolute atomic E-state index is 0.0536. The second-order valence-corrected chi connectivity index (χ2v) is 11.0. The van der Waals surface area contributed by atoms with Crippen molar-refractivity contribution in [2.45, 2.75) is 45.2 Å². The number of thiazole rings is 1. The van der Waals surface area contributed by atoms with Gasteiger partial charge in [-0.1, -0.05) is 24.3 Å². The van der Waals surface area contributed by atoms with E-state index in [1.165, 1.54) is 0 Å². The quantitative estimate of drug-likeness (QED) is 0.431. The third-order valence-electron chi connectivity index (χ3n) is 7.26. The Bertz CT molecular complexity index is 1280. The summed E-state index contributed by atoms with van der Waals surface area (Å²) in [5, 5.41) is 11.5. The molecule has 0 spiro atoms. The maximum atomic E-state index is 13.5. The van der Waals surface area contributed by atoms with Gasteiger partial charge in [0.1, 0.15) is 10.9 Å². The molecule has 13 heteroatoms. The minimum atomic E-state index is -2.70. The van der Waals surface area contributed by atoms with E-state index >= 15 is 0 Å². The van der Waals surface area contributed by atoms with Gasteiger partial charge in [0, 0.05) is 26.2 Å². The van der Waals surface area contributed by atoms with Gasteiger partial charge in [-0.15, -0.1) is 11.3 Å². The maximum absolute atomic E-state index is 13.5. The number of rotatable bonds is 9. The molecule has 1 aliphatic carbocycles. The zero-order valence-corrected chi connectivity index (χ0v) is 22.2. The van der Waals surface area contributed by atoms with Gasteiger partial charge in [0.15, 0.2) is 5.01 Å². The second-order valence-electron chi connectivity index (χ2n) is 10.0. The molecule has 0 bridgehead atoms. The van der Waals surface area contributed by atoms with Crippen molar-refractivity contribution in [3.63, 3.8) is 0 Å². The topological polar surface area (TPSA) is 124 Å². The highest BCUT2D eigenvalue weighted by atomic mass is 32.1. The van der Waals surface area contributed by atoms with Crippen LogP contribution in [0.2, 0.25) is 0 Å². The number of aromatic nitrogens is 1. The van der Waals surface area contributed by atoms with Crippen LogP contribution in [0.3, 0.4) is 0 Å². The first kappa shape index (κ1) is 27.1. The number of hydrogen-bond donors (Lipinski definition) is 3. The Balaban J connectivity index is 1.26. The Morgan fingerprint density at radius 3 is 2.59 bits per heavy atom.